The molecular weight excluding hydrogens is 328 g/mol. The summed E-state index contributed by atoms with van der Waals surface area (Å²) in [6.45, 7) is 3.88. The molecule has 0 aliphatic carbocycles. The average Bonchev–Trinajstić information content (AvgIpc) is 2.66. The van der Waals surface area contributed by atoms with Gasteiger partial charge in [0.05, 0.1) is 27.4 Å². The SMILES string of the molecule is COc1ccc(CN2CCc3cc(OC)c(OC)cc3[C@H]2[C@@H](C)N)cc1. The fourth-order valence-electron chi connectivity index (χ4n) is 3.79. The summed E-state index contributed by atoms with van der Waals surface area (Å²) < 4.78 is 16.2. The van der Waals surface area contributed by atoms with E-state index in [-0.39, 0.29) is 12.1 Å². The van der Waals surface area contributed by atoms with E-state index in [1.165, 1.54) is 16.7 Å². The lowest BCUT2D eigenvalue weighted by molar-refractivity contribution is 0.155. The lowest BCUT2D eigenvalue weighted by atomic mass is 9.88. The third-order valence-electron chi connectivity index (χ3n) is 5.07. The van der Waals surface area contributed by atoms with Gasteiger partial charge in [0.2, 0.25) is 0 Å². The maximum atomic E-state index is 6.40. The van der Waals surface area contributed by atoms with Crippen molar-refractivity contribution < 1.29 is 14.2 Å². The molecule has 140 valence electrons. The number of rotatable bonds is 6. The predicted molar refractivity (Wildman–Crippen MR) is 103 cm³/mol. The quantitative estimate of drug-likeness (QED) is 0.862. The van der Waals surface area contributed by atoms with Gasteiger partial charge in [-0.3, -0.25) is 4.90 Å². The lowest BCUT2D eigenvalue weighted by Gasteiger charge is -2.40. The van der Waals surface area contributed by atoms with Crippen molar-refractivity contribution in [2.24, 2.45) is 5.73 Å². The zero-order chi connectivity index (χ0) is 18.7. The Kier molecular flexibility index (Phi) is 5.69. The average molecular weight is 356 g/mol. The first kappa shape index (κ1) is 18.5. The van der Waals surface area contributed by atoms with Crippen LogP contribution in [0.25, 0.3) is 0 Å². The molecule has 2 aromatic carbocycles. The fourth-order valence-corrected chi connectivity index (χ4v) is 3.79. The number of methoxy groups -OCH3 is 3. The Bertz CT molecular complexity index is 744. The maximum Gasteiger partial charge on any atom is 0.161 e. The van der Waals surface area contributed by atoms with Crippen LogP contribution in [0.4, 0.5) is 0 Å². The minimum atomic E-state index is 0.00500. The van der Waals surface area contributed by atoms with Crippen LogP contribution in [0, 0.1) is 0 Å². The van der Waals surface area contributed by atoms with E-state index in [0.717, 1.165) is 36.8 Å². The van der Waals surface area contributed by atoms with Crippen LogP contribution >= 0.6 is 0 Å². The largest absolute Gasteiger partial charge is 0.497 e. The Morgan fingerprint density at radius 1 is 1.04 bits per heavy atom. The Morgan fingerprint density at radius 2 is 1.69 bits per heavy atom. The molecule has 0 unspecified atom stereocenters. The topological polar surface area (TPSA) is 57.0 Å². The second kappa shape index (κ2) is 7.98. The molecular formula is C21H28N2O3. The summed E-state index contributed by atoms with van der Waals surface area (Å²) in [6, 6.07) is 12.6. The highest BCUT2D eigenvalue weighted by Crippen LogP contribution is 2.39. The molecule has 0 saturated carbocycles. The number of fused-ring (bicyclic) bond motifs is 1. The number of hydrogen-bond donors (Lipinski definition) is 1. The third kappa shape index (κ3) is 3.64. The van der Waals surface area contributed by atoms with Crippen LogP contribution in [0.15, 0.2) is 36.4 Å². The van der Waals surface area contributed by atoms with Gasteiger partial charge in [-0.05, 0) is 54.3 Å². The van der Waals surface area contributed by atoms with Crippen LogP contribution < -0.4 is 19.9 Å². The molecule has 1 aliphatic heterocycles. The molecule has 0 bridgehead atoms. The van der Waals surface area contributed by atoms with E-state index in [4.69, 9.17) is 19.9 Å². The van der Waals surface area contributed by atoms with Gasteiger partial charge in [0.15, 0.2) is 11.5 Å². The number of nitrogens with two attached hydrogens (primary N) is 1. The standard InChI is InChI=1S/C21H28N2O3/c1-14(22)21-18-12-20(26-4)19(25-3)11-16(18)9-10-23(21)13-15-5-7-17(24-2)8-6-15/h5-8,11-12,14,21H,9-10,13,22H2,1-4H3/t14-,21-/m1/s1. The molecule has 0 spiro atoms. The Morgan fingerprint density at radius 3 is 2.27 bits per heavy atom. The van der Waals surface area contributed by atoms with Crippen LogP contribution in [0.2, 0.25) is 0 Å². The summed E-state index contributed by atoms with van der Waals surface area (Å²) in [5.74, 6) is 2.40. The van der Waals surface area contributed by atoms with Gasteiger partial charge in [-0.25, -0.2) is 0 Å². The van der Waals surface area contributed by atoms with Crippen LogP contribution in [0.1, 0.15) is 29.7 Å². The normalized spacial score (nSPS) is 18.1. The second-order valence-electron chi connectivity index (χ2n) is 6.78. The molecule has 0 aromatic heterocycles. The molecule has 5 nitrogen and oxygen atoms in total. The first-order valence-electron chi connectivity index (χ1n) is 8.94. The monoisotopic (exact) mass is 356 g/mol. The number of ether oxygens (including phenoxy) is 3. The van der Waals surface area contributed by atoms with E-state index in [2.05, 4.69) is 36.1 Å². The van der Waals surface area contributed by atoms with E-state index >= 15 is 0 Å². The van der Waals surface area contributed by atoms with Crippen molar-refractivity contribution in [3.05, 3.63) is 53.1 Å². The molecule has 2 aromatic rings. The first-order chi connectivity index (χ1) is 12.6. The Balaban J connectivity index is 1.91. The van der Waals surface area contributed by atoms with Crippen LogP contribution in [-0.4, -0.2) is 38.8 Å². The van der Waals surface area contributed by atoms with Gasteiger partial charge in [0, 0.05) is 19.1 Å². The lowest BCUT2D eigenvalue weighted by Crippen LogP contribution is -2.43. The van der Waals surface area contributed by atoms with Crippen molar-refractivity contribution in [1.82, 2.24) is 4.90 Å². The first-order valence-corrected chi connectivity index (χ1v) is 8.94. The van der Waals surface area contributed by atoms with Crippen LogP contribution in [0.3, 0.4) is 0 Å². The molecule has 2 N–H and O–H groups in total. The maximum absolute atomic E-state index is 6.40. The van der Waals surface area contributed by atoms with Gasteiger partial charge in [-0.2, -0.15) is 0 Å². The van der Waals surface area contributed by atoms with Gasteiger partial charge in [-0.1, -0.05) is 12.1 Å². The summed E-state index contributed by atoms with van der Waals surface area (Å²) in [5, 5.41) is 0. The molecule has 0 saturated heterocycles. The zero-order valence-electron chi connectivity index (χ0n) is 16.0. The van der Waals surface area contributed by atoms with Gasteiger partial charge in [0.25, 0.3) is 0 Å². The number of hydrogen-bond acceptors (Lipinski definition) is 5. The smallest absolute Gasteiger partial charge is 0.161 e. The summed E-state index contributed by atoms with van der Waals surface area (Å²) in [4.78, 5) is 2.45. The van der Waals surface area contributed by atoms with Gasteiger partial charge in [0.1, 0.15) is 5.75 Å². The Hall–Kier alpha value is -2.24. The highest BCUT2D eigenvalue weighted by atomic mass is 16.5. The van der Waals surface area contributed by atoms with Crippen molar-refractivity contribution in [2.75, 3.05) is 27.9 Å². The highest BCUT2D eigenvalue weighted by molar-refractivity contribution is 5.50. The van der Waals surface area contributed by atoms with Crippen molar-refractivity contribution in [2.45, 2.75) is 32.0 Å². The summed E-state index contributed by atoms with van der Waals surface area (Å²) in [5.41, 5.74) is 10.2. The van der Waals surface area contributed by atoms with Gasteiger partial charge < -0.3 is 19.9 Å². The minimum Gasteiger partial charge on any atom is -0.497 e. The number of benzene rings is 2. The van der Waals surface area contributed by atoms with E-state index < -0.39 is 0 Å². The molecule has 5 heteroatoms. The molecule has 0 amide bonds. The highest BCUT2D eigenvalue weighted by Gasteiger charge is 2.31. The Labute approximate surface area is 155 Å². The molecule has 2 atom stereocenters. The van der Waals surface area contributed by atoms with Crippen LogP contribution in [-0.2, 0) is 13.0 Å². The third-order valence-corrected chi connectivity index (χ3v) is 5.07. The van der Waals surface area contributed by atoms with E-state index in [1.807, 2.05) is 12.1 Å². The van der Waals surface area contributed by atoms with Gasteiger partial charge >= 0.3 is 0 Å². The van der Waals surface area contributed by atoms with E-state index in [9.17, 15) is 0 Å². The van der Waals surface area contributed by atoms with Crippen LogP contribution in [0.5, 0.6) is 17.2 Å². The van der Waals surface area contributed by atoms with Gasteiger partial charge in [-0.15, -0.1) is 0 Å². The molecule has 26 heavy (non-hydrogen) atoms. The minimum absolute atomic E-state index is 0.00500. The fraction of sp³-hybridized carbons (Fsp3) is 0.429. The van der Waals surface area contributed by atoms with Crippen molar-refractivity contribution >= 4 is 0 Å². The summed E-state index contributed by atoms with van der Waals surface area (Å²) in [7, 11) is 5.03. The van der Waals surface area contributed by atoms with E-state index in [0.29, 0.717) is 0 Å². The molecule has 1 aliphatic rings. The van der Waals surface area contributed by atoms with Crippen molar-refractivity contribution in [3.63, 3.8) is 0 Å². The van der Waals surface area contributed by atoms with E-state index in [1.54, 1.807) is 21.3 Å². The second-order valence-corrected chi connectivity index (χ2v) is 6.78. The molecule has 3 rings (SSSR count). The summed E-state index contributed by atoms with van der Waals surface area (Å²) >= 11 is 0. The molecule has 1 heterocycles. The predicted octanol–water partition coefficient (Wildman–Crippen LogP) is 3.16. The number of nitrogens with zero attached hydrogens (tertiary/aromatic N) is 1. The zero-order valence-corrected chi connectivity index (χ0v) is 16.0. The molecule has 0 fully saturated rings. The van der Waals surface area contributed by atoms with Crippen molar-refractivity contribution in [1.29, 1.82) is 0 Å². The summed E-state index contributed by atoms with van der Waals surface area (Å²) in [6.07, 6.45) is 0.967. The molecule has 0 radical (unpaired) electrons. The van der Waals surface area contributed by atoms with Crippen molar-refractivity contribution in [3.8, 4) is 17.2 Å².